The van der Waals surface area contributed by atoms with E-state index in [0.29, 0.717) is 0 Å². The third kappa shape index (κ3) is 2.36. The minimum atomic E-state index is 1.24. The molecule has 1 nitrogen and oxygen atoms in total. The molecule has 0 radical (unpaired) electrons. The Morgan fingerprint density at radius 2 is 2.00 bits per heavy atom. The number of nitrogens with zero attached hydrogens (tertiary/aromatic N) is 1. The van der Waals surface area contributed by atoms with E-state index in [1.165, 1.54) is 37.9 Å². The van der Waals surface area contributed by atoms with Crippen LogP contribution in [0.25, 0.3) is 0 Å². The Bertz CT molecular complexity index is 213. The quantitative estimate of drug-likeness (QED) is 0.551. The summed E-state index contributed by atoms with van der Waals surface area (Å²) in [7, 11) is 2.20. The second-order valence-electron chi connectivity index (χ2n) is 3.45. The van der Waals surface area contributed by atoms with E-state index in [1.807, 2.05) is 13.8 Å². The van der Waals surface area contributed by atoms with Gasteiger partial charge in [0.1, 0.15) is 0 Å². The summed E-state index contributed by atoms with van der Waals surface area (Å²) in [5.41, 5.74) is 3.18. The molecule has 0 aromatic heterocycles. The highest BCUT2D eigenvalue weighted by Crippen LogP contribution is 2.28. The second kappa shape index (κ2) is 5.11. The average molecular weight is 179 g/mol. The van der Waals surface area contributed by atoms with Crippen molar-refractivity contribution in [2.24, 2.45) is 0 Å². The number of rotatable bonds is 0. The number of hydrogen-bond donors (Lipinski definition) is 0. The van der Waals surface area contributed by atoms with E-state index in [-0.39, 0.29) is 0 Å². The van der Waals surface area contributed by atoms with Gasteiger partial charge in [0.2, 0.25) is 0 Å². The predicted molar refractivity (Wildman–Crippen MR) is 58.6 cm³/mol. The van der Waals surface area contributed by atoms with Crippen molar-refractivity contribution >= 4 is 0 Å². The van der Waals surface area contributed by atoms with E-state index < -0.39 is 0 Å². The molecule has 0 aromatic carbocycles. The highest BCUT2D eigenvalue weighted by Gasteiger charge is 2.15. The first kappa shape index (κ1) is 10.4. The largest absolute Gasteiger partial charge is 0.375 e. The smallest absolute Gasteiger partial charge is 0.0352 e. The first-order valence-corrected chi connectivity index (χ1v) is 5.47. The summed E-state index contributed by atoms with van der Waals surface area (Å²) >= 11 is 0. The molecule has 2 aliphatic rings. The molecule has 74 valence electrons. The van der Waals surface area contributed by atoms with Crippen molar-refractivity contribution in [1.82, 2.24) is 4.90 Å². The second-order valence-corrected chi connectivity index (χ2v) is 3.45. The maximum absolute atomic E-state index is 2.38. The van der Waals surface area contributed by atoms with Crippen LogP contribution < -0.4 is 0 Å². The number of allylic oxidation sites excluding steroid dienone is 3. The Morgan fingerprint density at radius 3 is 2.69 bits per heavy atom. The summed E-state index contributed by atoms with van der Waals surface area (Å²) in [6, 6.07) is 0. The molecule has 0 N–H and O–H groups in total. The first-order chi connectivity index (χ1) is 6.38. The molecule has 0 amide bonds. The van der Waals surface area contributed by atoms with E-state index in [1.54, 1.807) is 5.57 Å². The SMILES string of the molecule is CC.CN1CCCC2=C1C=CCC2. The molecule has 0 aromatic rings. The van der Waals surface area contributed by atoms with Crippen molar-refractivity contribution in [2.45, 2.75) is 39.5 Å². The molecule has 1 heterocycles. The lowest BCUT2D eigenvalue weighted by Crippen LogP contribution is -2.24. The molecule has 1 aliphatic heterocycles. The Labute approximate surface area is 82.1 Å². The van der Waals surface area contributed by atoms with Crippen molar-refractivity contribution in [3.05, 3.63) is 23.4 Å². The third-order valence-electron chi connectivity index (χ3n) is 2.63. The fraction of sp³-hybridized carbons (Fsp3) is 0.667. The van der Waals surface area contributed by atoms with Gasteiger partial charge in [-0.05, 0) is 37.3 Å². The molecule has 0 unspecified atom stereocenters. The van der Waals surface area contributed by atoms with Crippen molar-refractivity contribution in [1.29, 1.82) is 0 Å². The standard InChI is InChI=1S/C10H15N.C2H6/c1-11-8-4-6-9-5-2-3-7-10(9)11;1-2/h3,7H,2,4-6,8H2,1H3;1-2H3. The maximum atomic E-state index is 2.38. The highest BCUT2D eigenvalue weighted by molar-refractivity contribution is 5.29. The topological polar surface area (TPSA) is 3.24 Å². The molecule has 0 saturated heterocycles. The summed E-state index contributed by atoms with van der Waals surface area (Å²) < 4.78 is 0. The van der Waals surface area contributed by atoms with Gasteiger partial charge in [-0.15, -0.1) is 0 Å². The Kier molecular flexibility index (Phi) is 4.07. The Balaban J connectivity index is 0.000000396. The normalized spacial score (nSPS) is 20.7. The van der Waals surface area contributed by atoms with Crippen LogP contribution in [0.1, 0.15) is 39.5 Å². The highest BCUT2D eigenvalue weighted by atomic mass is 15.1. The van der Waals surface area contributed by atoms with Crippen molar-refractivity contribution in [2.75, 3.05) is 13.6 Å². The number of hydrogen-bond acceptors (Lipinski definition) is 1. The summed E-state index contributed by atoms with van der Waals surface area (Å²) in [4.78, 5) is 2.38. The summed E-state index contributed by atoms with van der Waals surface area (Å²) in [6.45, 7) is 5.24. The van der Waals surface area contributed by atoms with Gasteiger partial charge in [-0.2, -0.15) is 0 Å². The van der Waals surface area contributed by atoms with Gasteiger partial charge in [-0.1, -0.05) is 19.9 Å². The Hall–Kier alpha value is -0.720. The van der Waals surface area contributed by atoms with Crippen LogP contribution in [0.4, 0.5) is 0 Å². The third-order valence-corrected chi connectivity index (χ3v) is 2.63. The van der Waals surface area contributed by atoms with Gasteiger partial charge in [0.15, 0.2) is 0 Å². The van der Waals surface area contributed by atoms with Gasteiger partial charge in [0.05, 0.1) is 0 Å². The van der Waals surface area contributed by atoms with Gasteiger partial charge in [-0.25, -0.2) is 0 Å². The van der Waals surface area contributed by atoms with Crippen LogP contribution in [0, 0.1) is 0 Å². The fourth-order valence-corrected chi connectivity index (χ4v) is 2.00. The lowest BCUT2D eigenvalue weighted by Gasteiger charge is -2.30. The summed E-state index contributed by atoms with van der Waals surface area (Å²) in [5.74, 6) is 0. The summed E-state index contributed by atoms with van der Waals surface area (Å²) in [5, 5.41) is 0. The first-order valence-electron chi connectivity index (χ1n) is 5.47. The molecular weight excluding hydrogens is 158 g/mol. The van der Waals surface area contributed by atoms with Crippen LogP contribution in [0.2, 0.25) is 0 Å². The summed E-state index contributed by atoms with van der Waals surface area (Å²) in [6.07, 6.45) is 9.83. The van der Waals surface area contributed by atoms with E-state index in [2.05, 4.69) is 24.1 Å². The van der Waals surface area contributed by atoms with E-state index in [0.717, 1.165) is 0 Å². The molecule has 0 spiro atoms. The molecular formula is C12H21N. The minimum absolute atomic E-state index is 1.24. The minimum Gasteiger partial charge on any atom is -0.375 e. The average Bonchev–Trinajstić information content (AvgIpc) is 2.22. The molecule has 0 atom stereocenters. The van der Waals surface area contributed by atoms with Crippen molar-refractivity contribution in [3.8, 4) is 0 Å². The Morgan fingerprint density at radius 1 is 1.23 bits per heavy atom. The zero-order valence-corrected chi connectivity index (χ0v) is 9.14. The van der Waals surface area contributed by atoms with Gasteiger partial charge in [-0.3, -0.25) is 0 Å². The van der Waals surface area contributed by atoms with E-state index in [4.69, 9.17) is 0 Å². The lowest BCUT2D eigenvalue weighted by molar-refractivity contribution is 0.383. The maximum Gasteiger partial charge on any atom is 0.0352 e. The fourth-order valence-electron chi connectivity index (χ4n) is 2.00. The number of likely N-dealkylation sites (N-methyl/N-ethyl adjacent to an activating group) is 1. The molecule has 13 heavy (non-hydrogen) atoms. The van der Waals surface area contributed by atoms with Crippen LogP contribution >= 0.6 is 0 Å². The molecule has 2 rings (SSSR count). The van der Waals surface area contributed by atoms with Gasteiger partial charge in [0.25, 0.3) is 0 Å². The van der Waals surface area contributed by atoms with E-state index in [9.17, 15) is 0 Å². The van der Waals surface area contributed by atoms with Crippen LogP contribution in [-0.2, 0) is 0 Å². The van der Waals surface area contributed by atoms with Gasteiger partial charge < -0.3 is 4.90 Å². The van der Waals surface area contributed by atoms with Crippen LogP contribution in [0.5, 0.6) is 0 Å². The lowest BCUT2D eigenvalue weighted by atomic mass is 9.94. The molecule has 0 bridgehead atoms. The van der Waals surface area contributed by atoms with Crippen LogP contribution in [0.3, 0.4) is 0 Å². The van der Waals surface area contributed by atoms with Crippen molar-refractivity contribution in [3.63, 3.8) is 0 Å². The molecule has 0 fully saturated rings. The van der Waals surface area contributed by atoms with Gasteiger partial charge >= 0.3 is 0 Å². The predicted octanol–water partition coefficient (Wildman–Crippen LogP) is 3.34. The molecule has 0 saturated carbocycles. The van der Waals surface area contributed by atoms with Gasteiger partial charge in [0, 0.05) is 19.3 Å². The van der Waals surface area contributed by atoms with Crippen LogP contribution in [0.15, 0.2) is 23.4 Å². The van der Waals surface area contributed by atoms with Crippen molar-refractivity contribution < 1.29 is 0 Å². The van der Waals surface area contributed by atoms with E-state index >= 15 is 0 Å². The zero-order chi connectivity index (χ0) is 9.68. The monoisotopic (exact) mass is 179 g/mol. The molecule has 1 heteroatoms. The van der Waals surface area contributed by atoms with Crippen LogP contribution in [-0.4, -0.2) is 18.5 Å². The zero-order valence-electron chi connectivity index (χ0n) is 9.14. The molecule has 1 aliphatic carbocycles.